The Labute approximate surface area is 151 Å². The van der Waals surface area contributed by atoms with E-state index in [1.54, 1.807) is 18.2 Å². The van der Waals surface area contributed by atoms with Gasteiger partial charge in [0.1, 0.15) is 0 Å². The number of rotatable bonds is 3. The Morgan fingerprint density at radius 3 is 2.62 bits per heavy atom. The molecule has 0 saturated heterocycles. The molecule has 4 rings (SSSR count). The molecule has 2 heterocycles. The average molecular weight is 367 g/mol. The maximum Gasteiger partial charge on any atom is 0.256 e. The van der Waals surface area contributed by atoms with Gasteiger partial charge < -0.3 is 10.3 Å². The lowest BCUT2D eigenvalue weighted by atomic mass is 10.0. The lowest BCUT2D eigenvalue weighted by Crippen LogP contribution is -2.22. The topological polar surface area (TPSA) is 82.3 Å². The first-order valence-corrected chi connectivity index (χ1v) is 9.48. The van der Waals surface area contributed by atoms with Crippen molar-refractivity contribution in [2.45, 2.75) is 4.90 Å². The van der Waals surface area contributed by atoms with Crippen molar-refractivity contribution >= 4 is 44.2 Å². The van der Waals surface area contributed by atoms with Gasteiger partial charge in [-0.3, -0.25) is 4.79 Å². The van der Waals surface area contributed by atoms with Crippen LogP contribution in [0.15, 0.2) is 53.6 Å². The van der Waals surface area contributed by atoms with Crippen LogP contribution in [0.1, 0.15) is 11.1 Å². The second kappa shape index (κ2) is 5.82. The summed E-state index contributed by atoms with van der Waals surface area (Å²) in [5.41, 5.74) is 3.49. The Balaban J connectivity index is 1.87. The lowest BCUT2D eigenvalue weighted by molar-refractivity contribution is -0.110. The summed E-state index contributed by atoms with van der Waals surface area (Å²) in [7, 11) is -0.614. The average Bonchev–Trinajstić information content (AvgIpc) is 3.16. The molecule has 0 atom stereocenters. The van der Waals surface area contributed by atoms with Crippen molar-refractivity contribution in [1.82, 2.24) is 9.29 Å². The molecule has 6 nitrogen and oxygen atoms in total. The van der Waals surface area contributed by atoms with E-state index in [9.17, 15) is 13.2 Å². The maximum absolute atomic E-state index is 12.4. The lowest BCUT2D eigenvalue weighted by Gasteiger charge is -2.12. The summed E-state index contributed by atoms with van der Waals surface area (Å²) in [6.07, 6.45) is 3.62. The van der Waals surface area contributed by atoms with E-state index in [4.69, 9.17) is 0 Å². The molecule has 0 bridgehead atoms. The van der Waals surface area contributed by atoms with E-state index in [1.165, 1.54) is 20.2 Å². The smallest absolute Gasteiger partial charge is 0.256 e. The van der Waals surface area contributed by atoms with Crippen LogP contribution in [0.3, 0.4) is 0 Å². The quantitative estimate of drug-likeness (QED) is 0.698. The minimum atomic E-state index is -3.58. The number of anilines is 1. The molecule has 1 aliphatic rings. The number of benzene rings is 2. The fraction of sp³-hybridized carbons (Fsp3) is 0.105. The summed E-state index contributed by atoms with van der Waals surface area (Å²) < 4.78 is 26.0. The largest absolute Gasteiger partial charge is 0.361 e. The van der Waals surface area contributed by atoms with Crippen LogP contribution in [-0.4, -0.2) is 37.7 Å². The summed E-state index contributed by atoms with van der Waals surface area (Å²) in [6, 6.07) is 12.5. The van der Waals surface area contributed by atoms with Crippen molar-refractivity contribution in [3.8, 4) is 0 Å². The van der Waals surface area contributed by atoms with Crippen molar-refractivity contribution < 1.29 is 13.2 Å². The summed E-state index contributed by atoms with van der Waals surface area (Å²) in [5.74, 6) is -0.246. The fourth-order valence-electron chi connectivity index (χ4n) is 3.05. The Morgan fingerprint density at radius 1 is 1.08 bits per heavy atom. The van der Waals surface area contributed by atoms with Gasteiger partial charge in [0.2, 0.25) is 10.0 Å². The third-order valence-corrected chi connectivity index (χ3v) is 6.28. The molecular weight excluding hydrogens is 350 g/mol. The zero-order valence-electron chi connectivity index (χ0n) is 14.3. The van der Waals surface area contributed by atoms with E-state index in [2.05, 4.69) is 10.3 Å². The first kappa shape index (κ1) is 16.6. The van der Waals surface area contributed by atoms with Crippen molar-refractivity contribution in [3.05, 3.63) is 59.8 Å². The number of carbonyl (C=O) groups is 1. The number of hydrogen-bond donors (Lipinski definition) is 2. The summed E-state index contributed by atoms with van der Waals surface area (Å²) >= 11 is 0. The normalized spacial score (nSPS) is 15.7. The number of H-pyrrole nitrogens is 1. The van der Waals surface area contributed by atoms with E-state index in [0.717, 1.165) is 20.8 Å². The van der Waals surface area contributed by atoms with Gasteiger partial charge in [0.25, 0.3) is 5.91 Å². The number of nitrogens with one attached hydrogen (secondary N) is 2. The van der Waals surface area contributed by atoms with Crippen molar-refractivity contribution in [2.24, 2.45) is 0 Å². The van der Waals surface area contributed by atoms with E-state index >= 15 is 0 Å². The van der Waals surface area contributed by atoms with Crippen LogP contribution in [0.2, 0.25) is 0 Å². The molecule has 3 aromatic rings. The summed E-state index contributed by atoms with van der Waals surface area (Å²) in [6.45, 7) is 0. The van der Waals surface area contributed by atoms with Gasteiger partial charge in [-0.2, -0.15) is 0 Å². The van der Waals surface area contributed by atoms with Crippen LogP contribution < -0.4 is 5.32 Å². The minimum absolute atomic E-state index is 0.155. The van der Waals surface area contributed by atoms with Crippen molar-refractivity contribution in [2.75, 3.05) is 19.4 Å². The van der Waals surface area contributed by atoms with Crippen LogP contribution in [0.5, 0.6) is 0 Å². The van der Waals surface area contributed by atoms with E-state index in [-0.39, 0.29) is 10.8 Å². The molecule has 0 radical (unpaired) electrons. The molecule has 0 fully saturated rings. The zero-order chi connectivity index (χ0) is 18.5. The number of nitrogens with zero attached hydrogens (tertiary/aromatic N) is 1. The monoisotopic (exact) mass is 367 g/mol. The van der Waals surface area contributed by atoms with E-state index in [1.807, 2.05) is 30.5 Å². The SMILES string of the molecule is CN(C)S(=O)(=O)c1ccc2c(c1)C(=Cc1c[nH]c3ccccc13)C(=O)N2. The molecule has 1 aliphatic heterocycles. The standard InChI is InChI=1S/C19H17N3O3S/c1-22(2)26(24,25)13-7-8-18-15(10-13)16(19(23)21-18)9-12-11-20-17-6-4-3-5-14(12)17/h3-11,20H,1-2H3,(H,21,23). The predicted octanol–water partition coefficient (Wildman–Crippen LogP) is 2.91. The second-order valence-electron chi connectivity index (χ2n) is 6.30. The number of fused-ring (bicyclic) bond motifs is 2. The van der Waals surface area contributed by atoms with Crippen LogP contribution in [0.25, 0.3) is 22.6 Å². The predicted molar refractivity (Wildman–Crippen MR) is 102 cm³/mol. The zero-order valence-corrected chi connectivity index (χ0v) is 15.1. The number of aromatic nitrogens is 1. The molecule has 0 spiro atoms. The maximum atomic E-state index is 12.4. The molecule has 26 heavy (non-hydrogen) atoms. The molecule has 1 amide bonds. The number of hydrogen-bond acceptors (Lipinski definition) is 3. The number of amides is 1. The van der Waals surface area contributed by atoms with Crippen molar-refractivity contribution in [1.29, 1.82) is 0 Å². The van der Waals surface area contributed by atoms with Gasteiger partial charge >= 0.3 is 0 Å². The highest BCUT2D eigenvalue weighted by atomic mass is 32.2. The Morgan fingerprint density at radius 2 is 1.85 bits per heavy atom. The molecule has 7 heteroatoms. The highest BCUT2D eigenvalue weighted by Gasteiger charge is 2.27. The third-order valence-electron chi connectivity index (χ3n) is 4.47. The number of sulfonamides is 1. The Bertz CT molecular complexity index is 1170. The summed E-state index contributed by atoms with van der Waals surface area (Å²) in [5, 5.41) is 3.79. The van der Waals surface area contributed by atoms with Gasteiger partial charge in [0, 0.05) is 53.6 Å². The fourth-order valence-corrected chi connectivity index (χ4v) is 3.98. The number of carbonyl (C=O) groups excluding carboxylic acids is 1. The van der Waals surface area contributed by atoms with Crippen molar-refractivity contribution in [3.63, 3.8) is 0 Å². The molecule has 132 valence electrons. The van der Waals surface area contributed by atoms with E-state index in [0.29, 0.717) is 16.8 Å². The van der Waals surface area contributed by atoms with Gasteiger partial charge in [-0.1, -0.05) is 18.2 Å². The number of aromatic amines is 1. The van der Waals surface area contributed by atoms with Gasteiger partial charge in [-0.15, -0.1) is 0 Å². The van der Waals surface area contributed by atoms with Gasteiger partial charge in [0.15, 0.2) is 0 Å². The van der Waals surface area contributed by atoms with Gasteiger partial charge in [0.05, 0.1) is 4.90 Å². The molecule has 0 saturated carbocycles. The minimum Gasteiger partial charge on any atom is -0.361 e. The molecule has 2 N–H and O–H groups in total. The molecule has 1 aromatic heterocycles. The third kappa shape index (κ3) is 2.53. The van der Waals surface area contributed by atoms with Gasteiger partial charge in [-0.05, 0) is 30.3 Å². The van der Waals surface area contributed by atoms with Gasteiger partial charge in [-0.25, -0.2) is 12.7 Å². The van der Waals surface area contributed by atoms with Crippen LogP contribution in [0, 0.1) is 0 Å². The first-order chi connectivity index (χ1) is 12.4. The Hall–Kier alpha value is -2.90. The van der Waals surface area contributed by atoms with E-state index < -0.39 is 10.0 Å². The highest BCUT2D eigenvalue weighted by molar-refractivity contribution is 7.89. The Kier molecular flexibility index (Phi) is 3.71. The molecule has 2 aromatic carbocycles. The molecular formula is C19H17N3O3S. The molecule has 0 aliphatic carbocycles. The second-order valence-corrected chi connectivity index (χ2v) is 8.45. The summed E-state index contributed by atoms with van der Waals surface area (Å²) in [4.78, 5) is 15.8. The van der Waals surface area contributed by atoms with Crippen LogP contribution in [0.4, 0.5) is 5.69 Å². The van der Waals surface area contributed by atoms with Crippen LogP contribution in [-0.2, 0) is 14.8 Å². The number of para-hydroxylation sites is 1. The molecule has 0 unspecified atom stereocenters. The van der Waals surface area contributed by atoms with Crippen LogP contribution >= 0.6 is 0 Å². The first-order valence-electron chi connectivity index (χ1n) is 8.04. The highest BCUT2D eigenvalue weighted by Crippen LogP contribution is 2.36.